The van der Waals surface area contributed by atoms with Crippen molar-refractivity contribution < 1.29 is 9.59 Å². The molecule has 0 N–H and O–H groups in total. The quantitative estimate of drug-likeness (QED) is 0.447. The summed E-state index contributed by atoms with van der Waals surface area (Å²) in [5, 5.41) is 9.98. The molecule has 158 valence electrons. The van der Waals surface area contributed by atoms with Gasteiger partial charge in [-0.25, -0.2) is 0 Å². The van der Waals surface area contributed by atoms with Crippen LogP contribution in [0.3, 0.4) is 0 Å². The van der Waals surface area contributed by atoms with Crippen molar-refractivity contribution >= 4 is 45.2 Å². The minimum atomic E-state index is -0.395. The number of carbonyl (C=O) groups is 2. The number of likely N-dealkylation sites (tertiary alicyclic amines) is 1. The molecule has 0 radical (unpaired) electrons. The molecular weight excluding hydrogens is 474 g/mol. The second kappa shape index (κ2) is 9.71. The van der Waals surface area contributed by atoms with E-state index in [1.54, 1.807) is 9.80 Å². The second-order valence-corrected chi connectivity index (χ2v) is 9.70. The maximum Gasteiger partial charge on any atom is 0.267 e. The first kappa shape index (κ1) is 21.7. The Morgan fingerprint density at radius 2 is 1.74 bits per heavy atom. The maximum absolute atomic E-state index is 13.4. The van der Waals surface area contributed by atoms with E-state index in [-0.39, 0.29) is 17.4 Å². The molecular formula is C24H22BrN3O2S. The highest BCUT2D eigenvalue weighted by molar-refractivity contribution is 9.10. The first-order valence-electron chi connectivity index (χ1n) is 10.3. The fourth-order valence-electron chi connectivity index (χ4n) is 3.88. The van der Waals surface area contributed by atoms with Crippen molar-refractivity contribution in [1.82, 2.24) is 4.90 Å². The first-order chi connectivity index (χ1) is 15.1. The van der Waals surface area contributed by atoms with Gasteiger partial charge in [0.05, 0.1) is 5.25 Å². The Labute approximate surface area is 194 Å². The van der Waals surface area contributed by atoms with E-state index in [1.165, 1.54) is 11.8 Å². The van der Waals surface area contributed by atoms with Crippen LogP contribution in [0.2, 0.25) is 0 Å². The van der Waals surface area contributed by atoms with Crippen molar-refractivity contribution in [2.75, 3.05) is 18.0 Å². The van der Waals surface area contributed by atoms with Crippen LogP contribution in [0.5, 0.6) is 0 Å². The van der Waals surface area contributed by atoms with Gasteiger partial charge in [-0.05, 0) is 55.5 Å². The number of carbonyl (C=O) groups excluding carboxylic acids is 2. The van der Waals surface area contributed by atoms with E-state index in [0.29, 0.717) is 30.2 Å². The van der Waals surface area contributed by atoms with Gasteiger partial charge < -0.3 is 4.90 Å². The van der Waals surface area contributed by atoms with Gasteiger partial charge in [-0.3, -0.25) is 14.5 Å². The van der Waals surface area contributed by atoms with Gasteiger partial charge in [0.1, 0.15) is 16.7 Å². The van der Waals surface area contributed by atoms with Crippen LogP contribution in [0.25, 0.3) is 0 Å². The van der Waals surface area contributed by atoms with E-state index in [1.807, 2.05) is 54.6 Å². The van der Waals surface area contributed by atoms with E-state index >= 15 is 0 Å². The number of hydrogen-bond donors (Lipinski definition) is 0. The number of anilines is 1. The van der Waals surface area contributed by atoms with Gasteiger partial charge >= 0.3 is 0 Å². The van der Waals surface area contributed by atoms with Gasteiger partial charge in [0, 0.05) is 23.2 Å². The lowest BCUT2D eigenvalue weighted by molar-refractivity contribution is -0.127. The van der Waals surface area contributed by atoms with Crippen LogP contribution in [-0.2, 0) is 16.0 Å². The van der Waals surface area contributed by atoms with Crippen LogP contribution in [-0.4, -0.2) is 35.1 Å². The minimum Gasteiger partial charge on any atom is -0.338 e. The summed E-state index contributed by atoms with van der Waals surface area (Å²) in [6, 6.07) is 19.2. The maximum atomic E-state index is 13.4. The fourth-order valence-corrected chi connectivity index (χ4v) is 5.45. The summed E-state index contributed by atoms with van der Waals surface area (Å²) < 4.78 is 0.979. The number of hydrogen-bond acceptors (Lipinski definition) is 4. The third-order valence-electron chi connectivity index (χ3n) is 5.48. The number of amides is 2. The summed E-state index contributed by atoms with van der Waals surface area (Å²) in [6.07, 6.45) is 3.52. The van der Waals surface area contributed by atoms with Crippen LogP contribution < -0.4 is 4.90 Å². The summed E-state index contributed by atoms with van der Waals surface area (Å²) in [7, 11) is 0. The number of nitriles is 1. The molecule has 2 saturated heterocycles. The van der Waals surface area contributed by atoms with Crippen LogP contribution in [0.4, 0.5) is 5.69 Å². The number of nitrogens with zero attached hydrogens (tertiary/aromatic N) is 3. The van der Waals surface area contributed by atoms with Gasteiger partial charge in [-0.2, -0.15) is 5.26 Å². The van der Waals surface area contributed by atoms with Crippen molar-refractivity contribution in [3.8, 4) is 6.07 Å². The predicted octanol–water partition coefficient (Wildman–Crippen LogP) is 4.89. The predicted molar refractivity (Wildman–Crippen MR) is 126 cm³/mol. The van der Waals surface area contributed by atoms with Crippen LogP contribution in [0, 0.1) is 11.3 Å². The first-order valence-corrected chi connectivity index (χ1v) is 12.0. The average Bonchev–Trinajstić information content (AvgIpc) is 3.12. The normalized spacial score (nSPS) is 20.5. The highest BCUT2D eigenvalue weighted by Gasteiger charge is 2.41. The Hall–Kier alpha value is -2.56. The average molecular weight is 496 g/mol. The zero-order valence-corrected chi connectivity index (χ0v) is 19.4. The van der Waals surface area contributed by atoms with E-state index in [0.717, 1.165) is 29.3 Å². The molecule has 0 aliphatic carbocycles. The highest BCUT2D eigenvalue weighted by Crippen LogP contribution is 2.42. The van der Waals surface area contributed by atoms with Crippen molar-refractivity contribution in [3.05, 3.63) is 75.2 Å². The number of halogens is 1. The van der Waals surface area contributed by atoms with E-state index in [9.17, 15) is 14.9 Å². The van der Waals surface area contributed by atoms with Crippen LogP contribution in [0.1, 0.15) is 24.8 Å². The summed E-state index contributed by atoms with van der Waals surface area (Å²) in [5.41, 5.74) is 1.76. The highest BCUT2D eigenvalue weighted by atomic mass is 79.9. The van der Waals surface area contributed by atoms with Crippen molar-refractivity contribution in [3.63, 3.8) is 0 Å². The molecule has 0 bridgehead atoms. The molecule has 1 atom stereocenters. The summed E-state index contributed by atoms with van der Waals surface area (Å²) >= 11 is 4.76. The minimum absolute atomic E-state index is 0.0578. The standard InChI is InChI=1S/C24H22BrN3O2S/c25-18-11-9-17(10-12-18)15-21-23(30)28(19-7-3-1-4-8-19)24(31-21)20(16-26)22(29)27-13-5-2-6-14-27/h1,3-4,7-12,21H,2,5-6,13-15H2/b24-20+/t21-/m1/s1. The van der Waals surface area contributed by atoms with Crippen molar-refractivity contribution in [2.24, 2.45) is 0 Å². The molecule has 2 amide bonds. The molecule has 31 heavy (non-hydrogen) atoms. The van der Waals surface area contributed by atoms with Crippen molar-refractivity contribution in [1.29, 1.82) is 5.26 Å². The molecule has 4 rings (SSSR count). The zero-order valence-electron chi connectivity index (χ0n) is 17.0. The van der Waals surface area contributed by atoms with Crippen LogP contribution in [0.15, 0.2) is 69.7 Å². The Bertz CT molecular complexity index is 1040. The smallest absolute Gasteiger partial charge is 0.267 e. The number of thioether (sulfide) groups is 1. The van der Waals surface area contributed by atoms with E-state index in [2.05, 4.69) is 22.0 Å². The topological polar surface area (TPSA) is 64.4 Å². The molecule has 2 aromatic rings. The lowest BCUT2D eigenvalue weighted by Crippen LogP contribution is -2.37. The third-order valence-corrected chi connectivity index (χ3v) is 7.28. The third kappa shape index (κ3) is 4.70. The molecule has 2 aliphatic heterocycles. The number of para-hydroxylation sites is 1. The molecule has 0 unspecified atom stereocenters. The number of rotatable bonds is 4. The number of benzene rings is 2. The second-order valence-electron chi connectivity index (χ2n) is 7.59. The Morgan fingerprint density at radius 3 is 2.39 bits per heavy atom. The SMILES string of the molecule is N#C/C(C(=O)N1CCCCC1)=C1\S[C@H](Cc2ccc(Br)cc2)C(=O)N1c1ccccc1. The zero-order chi connectivity index (χ0) is 21.8. The molecule has 0 aromatic heterocycles. The number of piperidine rings is 1. The van der Waals surface area contributed by atoms with E-state index < -0.39 is 5.25 Å². The Balaban J connectivity index is 1.71. The van der Waals surface area contributed by atoms with Gasteiger partial charge in [0.2, 0.25) is 5.91 Å². The van der Waals surface area contributed by atoms with E-state index in [4.69, 9.17) is 0 Å². The summed E-state index contributed by atoms with van der Waals surface area (Å²) in [6.45, 7) is 1.31. The summed E-state index contributed by atoms with van der Waals surface area (Å²) in [5.74, 6) is -0.379. The summed E-state index contributed by atoms with van der Waals surface area (Å²) in [4.78, 5) is 29.9. The van der Waals surface area contributed by atoms with Gasteiger partial charge in [0.15, 0.2) is 0 Å². The molecule has 2 heterocycles. The molecule has 2 aromatic carbocycles. The van der Waals surface area contributed by atoms with Gasteiger partial charge in [-0.1, -0.05) is 58.0 Å². The Kier molecular flexibility index (Phi) is 6.79. The molecule has 2 aliphatic rings. The molecule has 0 spiro atoms. The van der Waals surface area contributed by atoms with Crippen LogP contribution >= 0.6 is 27.7 Å². The Morgan fingerprint density at radius 1 is 1.06 bits per heavy atom. The molecule has 2 fully saturated rings. The molecule has 0 saturated carbocycles. The lowest BCUT2D eigenvalue weighted by atomic mass is 10.1. The molecule has 7 heteroatoms. The lowest BCUT2D eigenvalue weighted by Gasteiger charge is -2.27. The van der Waals surface area contributed by atoms with Gasteiger partial charge in [0.25, 0.3) is 5.91 Å². The monoisotopic (exact) mass is 495 g/mol. The fraction of sp³-hybridized carbons (Fsp3) is 0.292. The van der Waals surface area contributed by atoms with Crippen molar-refractivity contribution in [2.45, 2.75) is 30.9 Å². The van der Waals surface area contributed by atoms with Gasteiger partial charge in [-0.15, -0.1) is 0 Å². The largest absolute Gasteiger partial charge is 0.338 e. The molecule has 5 nitrogen and oxygen atoms in total.